The average Bonchev–Trinajstić information content (AvgIpc) is 2.55. The molecule has 0 atom stereocenters. The van der Waals surface area contributed by atoms with Crippen molar-refractivity contribution in [2.75, 3.05) is 5.32 Å². The quantitative estimate of drug-likeness (QED) is 0.498. The summed E-state index contributed by atoms with van der Waals surface area (Å²) in [6.45, 7) is 1.69. The fourth-order valence-corrected chi connectivity index (χ4v) is 2.03. The van der Waals surface area contributed by atoms with E-state index >= 15 is 0 Å². The van der Waals surface area contributed by atoms with Crippen molar-refractivity contribution in [3.63, 3.8) is 0 Å². The van der Waals surface area contributed by atoms with Crippen molar-refractivity contribution in [2.45, 2.75) is 6.92 Å². The van der Waals surface area contributed by atoms with Crippen molar-refractivity contribution in [3.05, 3.63) is 75.3 Å². The topological polar surface area (TPSA) is 110 Å². The molecule has 0 aliphatic carbocycles. The Bertz CT molecular complexity index is 843. The minimum Gasteiger partial charge on any atom is -0.478 e. The number of non-ortho nitro benzene ring substituents is 1. The maximum Gasteiger partial charge on any atom is 0.335 e. The van der Waals surface area contributed by atoms with E-state index in [1.807, 2.05) is 0 Å². The van der Waals surface area contributed by atoms with Crippen LogP contribution in [0.4, 0.5) is 11.4 Å². The van der Waals surface area contributed by atoms with E-state index in [-0.39, 0.29) is 11.3 Å². The highest BCUT2D eigenvalue weighted by Crippen LogP contribution is 2.17. The largest absolute Gasteiger partial charge is 0.478 e. The summed E-state index contributed by atoms with van der Waals surface area (Å²) in [5.74, 6) is -1.46. The molecule has 0 saturated heterocycles. The second-order valence-electron chi connectivity index (χ2n) is 5.01. The Labute approximate surface area is 137 Å². The van der Waals surface area contributed by atoms with Crippen LogP contribution < -0.4 is 5.32 Å². The monoisotopic (exact) mass is 326 g/mol. The molecule has 2 rings (SSSR count). The molecule has 0 aliphatic heterocycles. The van der Waals surface area contributed by atoms with Crippen molar-refractivity contribution >= 4 is 29.3 Å². The molecular formula is C17H14N2O5. The van der Waals surface area contributed by atoms with Crippen LogP contribution in [-0.2, 0) is 4.79 Å². The van der Waals surface area contributed by atoms with Crippen molar-refractivity contribution < 1.29 is 19.6 Å². The van der Waals surface area contributed by atoms with Gasteiger partial charge in [0.2, 0.25) is 5.91 Å². The molecule has 0 unspecified atom stereocenters. The van der Waals surface area contributed by atoms with E-state index in [2.05, 4.69) is 5.32 Å². The number of nitro benzene ring substituents is 1. The molecule has 0 aliphatic rings. The second-order valence-corrected chi connectivity index (χ2v) is 5.01. The van der Waals surface area contributed by atoms with Crippen molar-refractivity contribution in [3.8, 4) is 0 Å². The van der Waals surface area contributed by atoms with Gasteiger partial charge in [0, 0.05) is 23.9 Å². The van der Waals surface area contributed by atoms with Gasteiger partial charge >= 0.3 is 5.97 Å². The van der Waals surface area contributed by atoms with Crippen LogP contribution >= 0.6 is 0 Å². The molecule has 0 saturated carbocycles. The number of carboxylic acid groups (broad SMARTS) is 1. The lowest BCUT2D eigenvalue weighted by molar-refractivity contribution is -0.384. The Morgan fingerprint density at radius 2 is 1.96 bits per heavy atom. The summed E-state index contributed by atoms with van der Waals surface area (Å²) in [7, 11) is 0. The Morgan fingerprint density at radius 1 is 1.21 bits per heavy atom. The summed E-state index contributed by atoms with van der Waals surface area (Å²) in [6.07, 6.45) is 2.72. The zero-order valence-corrected chi connectivity index (χ0v) is 12.7. The van der Waals surface area contributed by atoms with Gasteiger partial charge < -0.3 is 10.4 Å². The number of rotatable bonds is 5. The van der Waals surface area contributed by atoms with Crippen LogP contribution in [0.15, 0.2) is 48.5 Å². The number of amides is 1. The van der Waals surface area contributed by atoms with Crippen LogP contribution in [0.2, 0.25) is 0 Å². The van der Waals surface area contributed by atoms with Crippen molar-refractivity contribution in [1.29, 1.82) is 0 Å². The summed E-state index contributed by atoms with van der Waals surface area (Å²) >= 11 is 0. The smallest absolute Gasteiger partial charge is 0.335 e. The maximum absolute atomic E-state index is 11.9. The first-order valence-electron chi connectivity index (χ1n) is 6.94. The average molecular weight is 326 g/mol. The van der Waals surface area contributed by atoms with Crippen LogP contribution in [0.3, 0.4) is 0 Å². The molecule has 0 spiro atoms. The molecule has 122 valence electrons. The first kappa shape index (κ1) is 16.9. The van der Waals surface area contributed by atoms with E-state index in [9.17, 15) is 19.7 Å². The summed E-state index contributed by atoms with van der Waals surface area (Å²) in [5.41, 5.74) is 1.72. The van der Waals surface area contributed by atoms with Crippen LogP contribution in [-0.4, -0.2) is 21.9 Å². The highest BCUT2D eigenvalue weighted by atomic mass is 16.6. The molecule has 2 aromatic carbocycles. The van der Waals surface area contributed by atoms with Gasteiger partial charge in [0.15, 0.2) is 0 Å². The number of benzene rings is 2. The molecule has 7 heteroatoms. The molecule has 7 nitrogen and oxygen atoms in total. The van der Waals surface area contributed by atoms with Crippen molar-refractivity contribution in [2.24, 2.45) is 0 Å². The Balaban J connectivity index is 2.09. The summed E-state index contributed by atoms with van der Waals surface area (Å²) < 4.78 is 0. The zero-order valence-electron chi connectivity index (χ0n) is 12.7. The van der Waals surface area contributed by atoms with E-state index in [1.54, 1.807) is 13.0 Å². The normalized spacial score (nSPS) is 10.5. The summed E-state index contributed by atoms with van der Waals surface area (Å²) in [6, 6.07) is 10.3. The first-order valence-corrected chi connectivity index (χ1v) is 6.94. The van der Waals surface area contributed by atoms with Gasteiger partial charge in [-0.3, -0.25) is 14.9 Å². The predicted octanol–water partition coefficient (Wildman–Crippen LogP) is 3.25. The van der Waals surface area contributed by atoms with E-state index in [4.69, 9.17) is 5.11 Å². The minimum absolute atomic E-state index is 0.0577. The molecule has 0 bridgehead atoms. The lowest BCUT2D eigenvalue weighted by Crippen LogP contribution is -2.09. The fourth-order valence-electron chi connectivity index (χ4n) is 2.03. The van der Waals surface area contributed by atoms with Gasteiger partial charge in [-0.2, -0.15) is 0 Å². The van der Waals surface area contributed by atoms with Crippen LogP contribution in [0.1, 0.15) is 21.5 Å². The summed E-state index contributed by atoms with van der Waals surface area (Å²) in [4.78, 5) is 33.0. The Kier molecular flexibility index (Phi) is 5.06. The molecule has 0 aromatic heterocycles. The number of carbonyl (C=O) groups is 2. The molecule has 0 radical (unpaired) electrons. The van der Waals surface area contributed by atoms with Gasteiger partial charge in [-0.15, -0.1) is 0 Å². The third kappa shape index (κ3) is 4.26. The number of aryl methyl sites for hydroxylation is 1. The van der Waals surface area contributed by atoms with Crippen LogP contribution in [0.5, 0.6) is 0 Å². The molecule has 24 heavy (non-hydrogen) atoms. The van der Waals surface area contributed by atoms with E-state index in [0.29, 0.717) is 16.8 Å². The van der Waals surface area contributed by atoms with E-state index in [1.165, 1.54) is 48.6 Å². The SMILES string of the molecule is Cc1cc(C(=O)O)ccc1NC(=O)/C=C/c1cccc([N+](=O)[O-])c1. The molecule has 2 N–H and O–H groups in total. The predicted molar refractivity (Wildman–Crippen MR) is 88.9 cm³/mol. The number of carbonyl (C=O) groups excluding carboxylic acids is 1. The van der Waals surface area contributed by atoms with E-state index < -0.39 is 16.8 Å². The number of aromatic carboxylic acids is 1. The van der Waals surface area contributed by atoms with Gasteiger partial charge in [-0.25, -0.2) is 4.79 Å². The van der Waals surface area contributed by atoms with Gasteiger partial charge in [-0.1, -0.05) is 12.1 Å². The van der Waals surface area contributed by atoms with Crippen LogP contribution in [0, 0.1) is 17.0 Å². The molecule has 0 fully saturated rings. The third-order valence-electron chi connectivity index (χ3n) is 3.24. The number of nitrogens with zero attached hydrogens (tertiary/aromatic N) is 1. The minimum atomic E-state index is -1.04. The fraction of sp³-hybridized carbons (Fsp3) is 0.0588. The zero-order chi connectivity index (χ0) is 17.7. The first-order chi connectivity index (χ1) is 11.4. The lowest BCUT2D eigenvalue weighted by atomic mass is 10.1. The molecule has 1 amide bonds. The van der Waals surface area contributed by atoms with Crippen LogP contribution in [0.25, 0.3) is 6.08 Å². The number of carboxylic acids is 1. The standard InChI is InChI=1S/C17H14N2O5/c1-11-9-13(17(21)22)6-7-15(11)18-16(20)8-5-12-3-2-4-14(10-12)19(23)24/h2-10H,1H3,(H,18,20)(H,21,22)/b8-5+. The van der Waals surface area contributed by atoms with E-state index in [0.717, 1.165) is 0 Å². The number of nitrogens with one attached hydrogen (secondary N) is 1. The molecular weight excluding hydrogens is 312 g/mol. The second kappa shape index (κ2) is 7.19. The Morgan fingerprint density at radius 3 is 2.58 bits per heavy atom. The molecule has 2 aromatic rings. The van der Waals surface area contributed by atoms with Gasteiger partial charge in [0.1, 0.15) is 0 Å². The third-order valence-corrected chi connectivity index (χ3v) is 3.24. The number of anilines is 1. The highest BCUT2D eigenvalue weighted by Gasteiger charge is 2.07. The Hall–Kier alpha value is -3.48. The van der Waals surface area contributed by atoms with Gasteiger partial charge in [0.05, 0.1) is 10.5 Å². The van der Waals surface area contributed by atoms with Crippen molar-refractivity contribution in [1.82, 2.24) is 0 Å². The highest BCUT2D eigenvalue weighted by molar-refractivity contribution is 6.02. The number of nitro groups is 1. The maximum atomic E-state index is 11.9. The van der Waals surface area contributed by atoms with Gasteiger partial charge in [-0.05, 0) is 42.3 Å². The summed E-state index contributed by atoms with van der Waals surface area (Å²) in [5, 5.41) is 22.2. The lowest BCUT2D eigenvalue weighted by Gasteiger charge is -2.07. The van der Waals surface area contributed by atoms with Gasteiger partial charge in [0.25, 0.3) is 5.69 Å². The number of hydrogen-bond donors (Lipinski definition) is 2. The molecule has 0 heterocycles. The number of hydrogen-bond acceptors (Lipinski definition) is 4.